The van der Waals surface area contributed by atoms with Gasteiger partial charge in [-0.1, -0.05) is 25.1 Å². The average Bonchev–Trinajstić information content (AvgIpc) is 3.25. The van der Waals surface area contributed by atoms with Gasteiger partial charge in [0.15, 0.2) is 0 Å². The fourth-order valence-electron chi connectivity index (χ4n) is 4.99. The first kappa shape index (κ1) is 28.9. The first-order valence-corrected chi connectivity index (χ1v) is 14.9. The number of hydrogen-bond acceptors (Lipinski definition) is 7. The van der Waals surface area contributed by atoms with Crippen LogP contribution in [-0.4, -0.2) is 40.7 Å². The highest BCUT2D eigenvalue weighted by atomic mass is 32.2. The number of hydrogen-bond donors (Lipinski definition) is 3. The molecular formula is C29H34N2O6S2. The Hall–Kier alpha value is -3.11. The number of carbonyl (C=O) groups is 4. The fourth-order valence-corrected chi connectivity index (χ4v) is 7.32. The number of carboxylic acids is 1. The fraction of sp³-hybridized carbons (Fsp3) is 0.448. The maximum atomic E-state index is 13.2. The van der Waals surface area contributed by atoms with E-state index < -0.39 is 29.0 Å². The smallest absolute Gasteiger partial charge is 0.341 e. The van der Waals surface area contributed by atoms with Crippen molar-refractivity contribution in [3.8, 4) is 0 Å². The van der Waals surface area contributed by atoms with Gasteiger partial charge in [0.25, 0.3) is 0 Å². The van der Waals surface area contributed by atoms with Crippen LogP contribution >= 0.6 is 23.1 Å². The van der Waals surface area contributed by atoms with Crippen molar-refractivity contribution in [3.63, 3.8) is 0 Å². The molecule has 0 spiro atoms. The quantitative estimate of drug-likeness (QED) is 0.199. The van der Waals surface area contributed by atoms with Crippen molar-refractivity contribution >= 4 is 57.5 Å². The lowest BCUT2D eigenvalue weighted by Crippen LogP contribution is -2.34. The molecule has 8 nitrogen and oxygen atoms in total. The van der Waals surface area contributed by atoms with Gasteiger partial charge in [-0.15, -0.1) is 23.1 Å². The minimum absolute atomic E-state index is 0.232. The highest BCUT2D eigenvalue weighted by Crippen LogP contribution is 2.40. The molecule has 208 valence electrons. The van der Waals surface area contributed by atoms with Gasteiger partial charge in [-0.05, 0) is 75.6 Å². The number of amides is 2. The molecule has 39 heavy (non-hydrogen) atoms. The Labute approximate surface area is 236 Å². The summed E-state index contributed by atoms with van der Waals surface area (Å²) in [6.07, 6.45) is 7.03. The maximum absolute atomic E-state index is 13.2. The van der Waals surface area contributed by atoms with E-state index in [1.807, 2.05) is 12.1 Å². The van der Waals surface area contributed by atoms with E-state index in [1.165, 1.54) is 23.1 Å². The third kappa shape index (κ3) is 6.91. The lowest BCUT2D eigenvalue weighted by molar-refractivity contribution is -0.146. The van der Waals surface area contributed by atoms with Crippen LogP contribution in [0, 0.1) is 17.8 Å². The van der Waals surface area contributed by atoms with Crippen molar-refractivity contribution < 1.29 is 29.0 Å². The molecule has 4 rings (SSSR count). The van der Waals surface area contributed by atoms with Crippen LogP contribution in [0.5, 0.6) is 0 Å². The van der Waals surface area contributed by atoms with Crippen LogP contribution in [-0.2, 0) is 32.0 Å². The van der Waals surface area contributed by atoms with Crippen LogP contribution in [0.2, 0.25) is 0 Å². The largest absolute Gasteiger partial charge is 0.481 e. The van der Waals surface area contributed by atoms with Gasteiger partial charge < -0.3 is 20.5 Å². The molecule has 0 saturated carbocycles. The summed E-state index contributed by atoms with van der Waals surface area (Å²) in [7, 11) is 0. The number of allylic oxidation sites excluding steroid dienone is 2. The molecule has 10 heteroatoms. The van der Waals surface area contributed by atoms with E-state index in [9.17, 15) is 24.3 Å². The van der Waals surface area contributed by atoms with Crippen molar-refractivity contribution in [2.24, 2.45) is 17.8 Å². The summed E-state index contributed by atoms with van der Waals surface area (Å²) in [5.41, 5.74) is 2.02. The second kappa shape index (κ2) is 12.8. The zero-order valence-electron chi connectivity index (χ0n) is 22.3. The van der Waals surface area contributed by atoms with Crippen LogP contribution in [0.25, 0.3) is 0 Å². The zero-order valence-corrected chi connectivity index (χ0v) is 24.0. The lowest BCUT2D eigenvalue weighted by atomic mass is 9.82. The molecule has 1 aromatic carbocycles. The van der Waals surface area contributed by atoms with Crippen molar-refractivity contribution in [3.05, 3.63) is 52.4 Å². The average molecular weight is 571 g/mol. The number of nitrogens with one attached hydrogen (secondary N) is 2. The number of anilines is 2. The van der Waals surface area contributed by atoms with E-state index in [1.54, 1.807) is 38.1 Å². The Balaban J connectivity index is 1.43. The Bertz CT molecular complexity index is 1290. The molecule has 2 aliphatic rings. The van der Waals surface area contributed by atoms with Crippen molar-refractivity contribution in [1.82, 2.24) is 0 Å². The van der Waals surface area contributed by atoms with Crippen molar-refractivity contribution in [2.45, 2.75) is 63.0 Å². The van der Waals surface area contributed by atoms with Gasteiger partial charge in [0.2, 0.25) is 11.8 Å². The van der Waals surface area contributed by atoms with E-state index in [2.05, 4.69) is 17.6 Å². The topological polar surface area (TPSA) is 122 Å². The summed E-state index contributed by atoms with van der Waals surface area (Å²) in [5, 5.41) is 15.4. The molecule has 0 fully saturated rings. The summed E-state index contributed by atoms with van der Waals surface area (Å²) in [5.74, 6) is -2.80. The van der Waals surface area contributed by atoms with Gasteiger partial charge >= 0.3 is 11.9 Å². The predicted octanol–water partition coefficient (Wildman–Crippen LogP) is 5.77. The third-order valence-electron chi connectivity index (χ3n) is 7.10. The number of thiophene rings is 1. The monoisotopic (exact) mass is 570 g/mol. The maximum Gasteiger partial charge on any atom is 0.341 e. The molecule has 2 aromatic rings. The highest BCUT2D eigenvalue weighted by molar-refractivity contribution is 8.00. The summed E-state index contributed by atoms with van der Waals surface area (Å²) < 4.78 is 5.31. The van der Waals surface area contributed by atoms with Crippen molar-refractivity contribution in [2.75, 3.05) is 17.2 Å². The van der Waals surface area contributed by atoms with E-state index in [4.69, 9.17) is 4.74 Å². The van der Waals surface area contributed by atoms with Gasteiger partial charge in [0.05, 0.1) is 29.3 Å². The standard InChI is InChI=1S/C29H34N2O6S2/c1-4-37-29(36)24-22-13-12-16(2)14-23(22)39-27(24)31-25(32)17(3)38-19-9-7-8-18(15-19)30-26(33)20-10-5-6-11-21(20)28(34)35/h5-9,15-17,20-21H,4,10-14H2,1-3H3,(H,30,33)(H,31,32)(H,34,35). The van der Waals surface area contributed by atoms with Crippen LogP contribution in [0.3, 0.4) is 0 Å². The second-order valence-electron chi connectivity index (χ2n) is 10.0. The Morgan fingerprint density at radius 2 is 1.90 bits per heavy atom. The van der Waals surface area contributed by atoms with Crippen LogP contribution in [0.15, 0.2) is 41.3 Å². The third-order valence-corrected chi connectivity index (χ3v) is 9.36. The highest BCUT2D eigenvalue weighted by Gasteiger charge is 2.34. The number of esters is 1. The lowest BCUT2D eigenvalue weighted by Gasteiger charge is -2.24. The molecule has 1 aromatic heterocycles. The molecule has 4 unspecified atom stereocenters. The number of aliphatic carboxylic acids is 1. The SMILES string of the molecule is CCOC(=O)c1c(NC(=O)C(C)Sc2cccc(NC(=O)C3CC=CCC3C(=O)O)c2)sc2c1CCC(C)C2. The number of carboxylic acid groups (broad SMARTS) is 1. The molecule has 0 aliphatic heterocycles. The molecule has 2 amide bonds. The van der Waals surface area contributed by atoms with Crippen LogP contribution < -0.4 is 10.6 Å². The van der Waals surface area contributed by atoms with E-state index in [0.29, 0.717) is 35.0 Å². The number of rotatable bonds is 9. The van der Waals surface area contributed by atoms with Gasteiger partial charge in [0.1, 0.15) is 5.00 Å². The molecule has 0 saturated heterocycles. The van der Waals surface area contributed by atoms with Crippen LogP contribution in [0.1, 0.15) is 60.8 Å². The Morgan fingerprint density at radius 1 is 1.15 bits per heavy atom. The Kier molecular flexibility index (Phi) is 9.50. The van der Waals surface area contributed by atoms with Gasteiger partial charge in [-0.25, -0.2) is 4.79 Å². The minimum Gasteiger partial charge on any atom is -0.481 e. The minimum atomic E-state index is -0.976. The van der Waals surface area contributed by atoms with Crippen LogP contribution in [0.4, 0.5) is 10.7 Å². The van der Waals surface area contributed by atoms with E-state index in [-0.39, 0.29) is 18.4 Å². The molecule has 3 N–H and O–H groups in total. The number of thioether (sulfide) groups is 1. The zero-order chi connectivity index (χ0) is 28.1. The summed E-state index contributed by atoms with van der Waals surface area (Å²) in [6, 6.07) is 7.15. The normalized spacial score (nSPS) is 20.9. The molecule has 2 aliphatic carbocycles. The predicted molar refractivity (Wildman–Crippen MR) is 153 cm³/mol. The number of fused-ring (bicyclic) bond motifs is 1. The second-order valence-corrected chi connectivity index (χ2v) is 12.6. The van der Waals surface area contributed by atoms with E-state index in [0.717, 1.165) is 34.6 Å². The van der Waals surface area contributed by atoms with Crippen molar-refractivity contribution in [1.29, 1.82) is 0 Å². The van der Waals surface area contributed by atoms with Gasteiger partial charge in [0, 0.05) is 15.5 Å². The molecule has 1 heterocycles. The van der Waals surface area contributed by atoms with E-state index >= 15 is 0 Å². The first-order valence-electron chi connectivity index (χ1n) is 13.3. The number of benzene rings is 1. The number of carbonyl (C=O) groups excluding carboxylic acids is 3. The number of ether oxygens (including phenoxy) is 1. The van der Waals surface area contributed by atoms with Gasteiger partial charge in [-0.2, -0.15) is 0 Å². The molecule has 0 radical (unpaired) electrons. The van der Waals surface area contributed by atoms with Gasteiger partial charge in [-0.3, -0.25) is 14.4 Å². The summed E-state index contributed by atoms with van der Waals surface area (Å²) in [6.45, 7) is 6.01. The molecule has 4 atom stereocenters. The summed E-state index contributed by atoms with van der Waals surface area (Å²) >= 11 is 2.79. The molecule has 0 bridgehead atoms. The molecular weight excluding hydrogens is 536 g/mol. The Morgan fingerprint density at radius 3 is 2.62 bits per heavy atom. The summed E-state index contributed by atoms with van der Waals surface area (Å²) in [4.78, 5) is 52.3. The first-order chi connectivity index (χ1) is 18.7.